The second kappa shape index (κ2) is 10.2. The molecule has 1 saturated carbocycles. The molecule has 4 saturated heterocycles. The van der Waals surface area contributed by atoms with Crippen LogP contribution in [-0.4, -0.2) is 109 Å². The monoisotopic (exact) mass is 420 g/mol. The van der Waals surface area contributed by atoms with Crippen molar-refractivity contribution in [3.63, 3.8) is 0 Å². The first-order chi connectivity index (χ1) is 14.4. The second-order valence-electron chi connectivity index (χ2n) is 11.1. The minimum absolute atomic E-state index is 0.521. The van der Waals surface area contributed by atoms with Crippen molar-refractivity contribution in [2.24, 2.45) is 11.8 Å². The Hall–Kier alpha value is -0.200. The predicted octanol–water partition coefficient (Wildman–Crippen LogP) is 3.00. The van der Waals surface area contributed by atoms with Gasteiger partial charge in [0.1, 0.15) is 0 Å². The Morgan fingerprint density at radius 3 is 1.63 bits per heavy atom. The van der Waals surface area contributed by atoms with Gasteiger partial charge in [-0.05, 0) is 85.2 Å². The van der Waals surface area contributed by atoms with Crippen molar-refractivity contribution in [2.75, 3.05) is 59.0 Å². The van der Waals surface area contributed by atoms with Gasteiger partial charge in [-0.25, -0.2) is 0 Å². The summed E-state index contributed by atoms with van der Waals surface area (Å²) in [6.07, 6.45) is 6.17. The molecule has 0 unspecified atom stereocenters. The molecule has 0 bridgehead atoms. The Labute approximate surface area is 186 Å². The predicted molar refractivity (Wildman–Crippen MR) is 125 cm³/mol. The molecule has 5 aliphatic rings. The van der Waals surface area contributed by atoms with Crippen LogP contribution in [0, 0.1) is 11.8 Å². The minimum atomic E-state index is 0.521. The Kier molecular flexibility index (Phi) is 7.78. The van der Waals surface area contributed by atoms with Crippen LogP contribution < -0.4 is 0 Å². The molecule has 5 fully saturated rings. The van der Waals surface area contributed by atoms with E-state index in [2.05, 4.69) is 54.2 Å². The molecule has 5 heteroatoms. The number of likely N-dealkylation sites (tertiary alicyclic amines) is 4. The van der Waals surface area contributed by atoms with Crippen molar-refractivity contribution in [1.82, 2.24) is 19.6 Å². The lowest BCUT2D eigenvalue weighted by Crippen LogP contribution is -2.59. The molecule has 30 heavy (non-hydrogen) atoms. The zero-order valence-electron chi connectivity index (χ0n) is 20.4. The van der Waals surface area contributed by atoms with E-state index in [1.165, 1.54) is 78.0 Å². The number of fused-ring (bicyclic) bond motifs is 1. The van der Waals surface area contributed by atoms with Crippen molar-refractivity contribution in [1.29, 1.82) is 0 Å². The summed E-state index contributed by atoms with van der Waals surface area (Å²) in [5, 5.41) is 0. The fourth-order valence-corrected chi connectivity index (χ4v) is 6.10. The summed E-state index contributed by atoms with van der Waals surface area (Å²) in [7, 11) is 0. The third kappa shape index (κ3) is 5.58. The molecule has 0 spiro atoms. The van der Waals surface area contributed by atoms with Gasteiger partial charge in [0.25, 0.3) is 0 Å². The normalized spacial score (nSPS) is 32.5. The van der Waals surface area contributed by atoms with E-state index in [0.29, 0.717) is 12.1 Å². The van der Waals surface area contributed by atoms with Gasteiger partial charge < -0.3 is 14.5 Å². The Morgan fingerprint density at radius 2 is 1.17 bits per heavy atom. The number of nitrogens with zero attached hydrogens (tertiary/aromatic N) is 4. The molecule has 0 aromatic rings. The highest BCUT2D eigenvalue weighted by Crippen LogP contribution is 2.38. The van der Waals surface area contributed by atoms with Crippen LogP contribution in [0.2, 0.25) is 0 Å². The maximum atomic E-state index is 5.61. The number of hydrogen-bond acceptors (Lipinski definition) is 5. The topological polar surface area (TPSA) is 22.2 Å². The van der Waals surface area contributed by atoms with Crippen LogP contribution in [-0.2, 0) is 4.74 Å². The highest BCUT2D eigenvalue weighted by atomic mass is 16.5. The fraction of sp³-hybridized carbons (Fsp3) is 1.00. The second-order valence-corrected chi connectivity index (χ2v) is 11.1. The third-order valence-electron chi connectivity index (χ3n) is 8.36. The van der Waals surface area contributed by atoms with Crippen LogP contribution >= 0.6 is 0 Å². The number of piperidine rings is 1. The first kappa shape index (κ1) is 23.0. The van der Waals surface area contributed by atoms with Crippen LogP contribution in [0.1, 0.15) is 60.3 Å². The van der Waals surface area contributed by atoms with E-state index < -0.39 is 0 Å². The molecule has 4 aliphatic heterocycles. The molecule has 2 atom stereocenters. The average Bonchev–Trinajstić information content (AvgIpc) is 3.34. The summed E-state index contributed by atoms with van der Waals surface area (Å²) in [4.78, 5) is 10.6. The lowest BCUT2D eigenvalue weighted by molar-refractivity contribution is -0.0779. The molecule has 0 aromatic carbocycles. The van der Waals surface area contributed by atoms with Crippen LogP contribution in [0.4, 0.5) is 0 Å². The van der Waals surface area contributed by atoms with Gasteiger partial charge in [-0.3, -0.25) is 9.80 Å². The summed E-state index contributed by atoms with van der Waals surface area (Å²) >= 11 is 0. The fourth-order valence-electron chi connectivity index (χ4n) is 6.10. The molecule has 4 heterocycles. The molecule has 0 radical (unpaired) electrons. The van der Waals surface area contributed by atoms with Gasteiger partial charge in [0, 0.05) is 70.0 Å². The number of hydrogen-bond donors (Lipinski definition) is 0. The molecule has 5 rings (SSSR count). The van der Waals surface area contributed by atoms with Crippen LogP contribution in [0.15, 0.2) is 0 Å². The lowest BCUT2D eigenvalue weighted by Gasteiger charge is -2.47. The van der Waals surface area contributed by atoms with Crippen molar-refractivity contribution in [3.05, 3.63) is 0 Å². The van der Waals surface area contributed by atoms with Crippen LogP contribution in [0.25, 0.3) is 0 Å². The smallest absolute Gasteiger partial charge is 0.0828 e. The maximum Gasteiger partial charge on any atom is 0.0828 e. The largest absolute Gasteiger partial charge is 0.376 e. The first-order valence-electron chi connectivity index (χ1n) is 13.0. The number of ether oxygens (including phenoxy) is 1. The summed E-state index contributed by atoms with van der Waals surface area (Å²) in [6.45, 7) is 22.6. The molecule has 0 amide bonds. The average molecular weight is 421 g/mol. The van der Waals surface area contributed by atoms with Gasteiger partial charge in [-0.1, -0.05) is 0 Å². The van der Waals surface area contributed by atoms with Gasteiger partial charge in [-0.15, -0.1) is 0 Å². The highest BCUT2D eigenvalue weighted by molar-refractivity contribution is 4.98. The highest BCUT2D eigenvalue weighted by Gasteiger charge is 2.44. The standard InChI is InChI=1S/C13H26N2O.C12H22N2/c1-4-16-13-9-15(10-13)12-5-7-14(8-6-12)11(2)3;1-9(2)13-5-10-7-14(12-3-4-12)8-11(10)6-13/h11-13H,4-10H2,1-3H3;9-12H,3-8H2,1-2H3/t;10-,11+. The molecule has 174 valence electrons. The van der Waals surface area contributed by atoms with Gasteiger partial charge in [0.2, 0.25) is 0 Å². The third-order valence-corrected chi connectivity index (χ3v) is 8.36. The SMILES string of the molecule is CC(C)N1C[C@@H]2CN(C3CC3)C[C@@H]2C1.CCOC1CN(C2CCN(C(C)C)CC2)C1. The molecular weight excluding hydrogens is 372 g/mol. The quantitative estimate of drug-likeness (QED) is 0.657. The summed E-state index contributed by atoms with van der Waals surface area (Å²) in [5.41, 5.74) is 0. The van der Waals surface area contributed by atoms with Crippen molar-refractivity contribution < 1.29 is 4.74 Å². The van der Waals surface area contributed by atoms with Crippen molar-refractivity contribution in [2.45, 2.75) is 90.6 Å². The zero-order chi connectivity index (χ0) is 21.3. The van der Waals surface area contributed by atoms with Gasteiger partial charge in [0.15, 0.2) is 0 Å². The van der Waals surface area contributed by atoms with E-state index in [1.807, 2.05) is 0 Å². The van der Waals surface area contributed by atoms with E-state index in [0.717, 1.165) is 36.6 Å². The van der Waals surface area contributed by atoms with Crippen molar-refractivity contribution in [3.8, 4) is 0 Å². The molecule has 0 aromatic heterocycles. The Morgan fingerprint density at radius 1 is 0.667 bits per heavy atom. The maximum absolute atomic E-state index is 5.61. The summed E-state index contributed by atoms with van der Waals surface area (Å²) in [6, 6.07) is 3.29. The lowest BCUT2D eigenvalue weighted by atomic mass is 9.98. The van der Waals surface area contributed by atoms with Crippen LogP contribution in [0.3, 0.4) is 0 Å². The van der Waals surface area contributed by atoms with Crippen molar-refractivity contribution >= 4 is 0 Å². The molecule has 0 N–H and O–H groups in total. The van der Waals surface area contributed by atoms with Gasteiger partial charge in [0.05, 0.1) is 6.10 Å². The Balaban J connectivity index is 0.000000146. The molecular formula is C25H48N4O. The molecule has 5 nitrogen and oxygen atoms in total. The van der Waals surface area contributed by atoms with Gasteiger partial charge >= 0.3 is 0 Å². The van der Waals surface area contributed by atoms with E-state index >= 15 is 0 Å². The minimum Gasteiger partial charge on any atom is -0.376 e. The van der Waals surface area contributed by atoms with Gasteiger partial charge in [-0.2, -0.15) is 0 Å². The number of rotatable bonds is 6. The summed E-state index contributed by atoms with van der Waals surface area (Å²) in [5.74, 6) is 2.00. The van der Waals surface area contributed by atoms with E-state index in [1.54, 1.807) is 0 Å². The van der Waals surface area contributed by atoms with Crippen LogP contribution in [0.5, 0.6) is 0 Å². The van der Waals surface area contributed by atoms with E-state index in [4.69, 9.17) is 4.74 Å². The van der Waals surface area contributed by atoms with E-state index in [-0.39, 0.29) is 0 Å². The zero-order valence-corrected chi connectivity index (χ0v) is 20.4. The Bertz CT molecular complexity index is 495. The molecule has 1 aliphatic carbocycles. The summed E-state index contributed by atoms with van der Waals surface area (Å²) < 4.78 is 5.61. The van der Waals surface area contributed by atoms with E-state index in [9.17, 15) is 0 Å². The first-order valence-corrected chi connectivity index (χ1v) is 13.0.